The third-order valence-corrected chi connectivity index (χ3v) is 2.46. The van der Waals surface area contributed by atoms with E-state index in [9.17, 15) is 0 Å². The van der Waals surface area contributed by atoms with Gasteiger partial charge in [-0.05, 0) is 32.2 Å². The average molecular weight is 184 g/mol. The molecule has 0 saturated carbocycles. The molecule has 1 heterocycles. The van der Waals surface area contributed by atoms with E-state index in [1.807, 2.05) is 11.8 Å². The number of rotatable bonds is 4. The second-order valence-corrected chi connectivity index (χ2v) is 3.84. The number of nitrogens with one attached hydrogen (secondary N) is 1. The molecule has 68 valence electrons. The van der Waals surface area contributed by atoms with Crippen LogP contribution in [0.1, 0.15) is 11.4 Å². The molecule has 0 spiro atoms. The summed E-state index contributed by atoms with van der Waals surface area (Å²) in [6.07, 6.45) is 2.12. The Morgan fingerprint density at radius 2 is 1.92 bits per heavy atom. The Balaban J connectivity index is 2.50. The molecule has 1 N–H and O–H groups in total. The van der Waals surface area contributed by atoms with Gasteiger partial charge >= 0.3 is 0 Å². The van der Waals surface area contributed by atoms with Crippen molar-refractivity contribution in [3.8, 4) is 0 Å². The maximum absolute atomic E-state index is 3.36. The molecule has 0 amide bonds. The molecule has 12 heavy (non-hydrogen) atoms. The van der Waals surface area contributed by atoms with Crippen molar-refractivity contribution in [2.75, 3.05) is 24.0 Å². The van der Waals surface area contributed by atoms with Crippen molar-refractivity contribution in [1.29, 1.82) is 0 Å². The van der Waals surface area contributed by atoms with Crippen LogP contribution in [-0.4, -0.2) is 23.2 Å². The van der Waals surface area contributed by atoms with Gasteiger partial charge in [0.25, 0.3) is 0 Å². The van der Waals surface area contributed by atoms with Crippen LogP contribution in [0.4, 0.5) is 0 Å². The zero-order chi connectivity index (χ0) is 8.97. The number of thioether (sulfide) groups is 1. The van der Waals surface area contributed by atoms with Gasteiger partial charge in [0.05, 0.1) is 0 Å². The number of nitrogens with zero attached hydrogens (tertiary/aromatic N) is 1. The SMILES string of the molecule is CSCCNn1c(C)ccc1C. The van der Waals surface area contributed by atoms with Gasteiger partial charge in [-0.2, -0.15) is 11.8 Å². The van der Waals surface area contributed by atoms with Gasteiger partial charge in [-0.1, -0.05) is 0 Å². The maximum Gasteiger partial charge on any atom is 0.0404 e. The third-order valence-electron chi connectivity index (χ3n) is 1.85. The number of hydrogen-bond donors (Lipinski definition) is 1. The molecule has 0 aliphatic carbocycles. The first kappa shape index (κ1) is 9.52. The molecule has 0 aliphatic heterocycles. The van der Waals surface area contributed by atoms with E-state index >= 15 is 0 Å². The molecule has 2 nitrogen and oxygen atoms in total. The minimum absolute atomic E-state index is 1.03. The lowest BCUT2D eigenvalue weighted by atomic mass is 10.5. The molecular formula is C9H16N2S. The van der Waals surface area contributed by atoms with E-state index in [1.54, 1.807) is 0 Å². The van der Waals surface area contributed by atoms with Gasteiger partial charge in [0.15, 0.2) is 0 Å². The highest BCUT2D eigenvalue weighted by atomic mass is 32.2. The fourth-order valence-corrected chi connectivity index (χ4v) is 1.47. The molecule has 0 aliphatic rings. The van der Waals surface area contributed by atoms with Gasteiger partial charge in [0.1, 0.15) is 0 Å². The third kappa shape index (κ3) is 2.21. The van der Waals surface area contributed by atoms with Crippen LogP contribution in [0, 0.1) is 13.8 Å². The van der Waals surface area contributed by atoms with Gasteiger partial charge in [0, 0.05) is 23.7 Å². The zero-order valence-electron chi connectivity index (χ0n) is 7.92. The molecule has 0 radical (unpaired) electrons. The highest BCUT2D eigenvalue weighted by Crippen LogP contribution is 2.03. The molecule has 0 unspecified atom stereocenters. The number of hydrogen-bond acceptors (Lipinski definition) is 2. The fourth-order valence-electron chi connectivity index (χ4n) is 1.18. The van der Waals surface area contributed by atoms with Gasteiger partial charge < -0.3 is 5.43 Å². The summed E-state index contributed by atoms with van der Waals surface area (Å²) >= 11 is 1.86. The van der Waals surface area contributed by atoms with Crippen LogP contribution in [0.5, 0.6) is 0 Å². The highest BCUT2D eigenvalue weighted by molar-refractivity contribution is 7.98. The molecule has 0 aromatic carbocycles. The summed E-state index contributed by atoms with van der Waals surface area (Å²) in [7, 11) is 0. The van der Waals surface area contributed by atoms with Crippen molar-refractivity contribution in [1.82, 2.24) is 4.68 Å². The molecule has 0 fully saturated rings. The van der Waals surface area contributed by atoms with Crippen molar-refractivity contribution >= 4 is 11.8 Å². The average Bonchev–Trinajstić information content (AvgIpc) is 2.35. The molecule has 0 bridgehead atoms. The molecule has 0 saturated heterocycles. The van der Waals surface area contributed by atoms with Gasteiger partial charge in [-0.15, -0.1) is 0 Å². The van der Waals surface area contributed by atoms with Crippen LogP contribution in [-0.2, 0) is 0 Å². The van der Waals surface area contributed by atoms with Gasteiger partial charge in [-0.25, -0.2) is 0 Å². The molecule has 3 heteroatoms. The molecule has 0 atom stereocenters. The lowest BCUT2D eigenvalue weighted by Crippen LogP contribution is -2.19. The monoisotopic (exact) mass is 184 g/mol. The van der Waals surface area contributed by atoms with Crippen molar-refractivity contribution < 1.29 is 0 Å². The first-order valence-corrected chi connectivity index (χ1v) is 5.53. The van der Waals surface area contributed by atoms with Crippen LogP contribution in [0.15, 0.2) is 12.1 Å². The number of aryl methyl sites for hydroxylation is 2. The summed E-state index contributed by atoms with van der Waals surface area (Å²) in [5.41, 5.74) is 5.90. The van der Waals surface area contributed by atoms with Crippen molar-refractivity contribution in [2.24, 2.45) is 0 Å². The summed E-state index contributed by atoms with van der Waals surface area (Å²) in [5, 5.41) is 0. The Morgan fingerprint density at radius 3 is 2.42 bits per heavy atom. The Bertz CT molecular complexity index is 223. The molecule has 1 aromatic rings. The van der Waals surface area contributed by atoms with E-state index in [2.05, 4.69) is 42.3 Å². The van der Waals surface area contributed by atoms with Crippen molar-refractivity contribution in [3.05, 3.63) is 23.5 Å². The largest absolute Gasteiger partial charge is 0.325 e. The highest BCUT2D eigenvalue weighted by Gasteiger charge is 1.97. The summed E-state index contributed by atoms with van der Waals surface area (Å²) in [5.74, 6) is 1.15. The Morgan fingerprint density at radius 1 is 1.33 bits per heavy atom. The summed E-state index contributed by atoms with van der Waals surface area (Å²) in [6.45, 7) is 5.25. The van der Waals surface area contributed by atoms with E-state index < -0.39 is 0 Å². The second kappa shape index (κ2) is 4.45. The lowest BCUT2D eigenvalue weighted by Gasteiger charge is -2.11. The van der Waals surface area contributed by atoms with Crippen LogP contribution >= 0.6 is 11.8 Å². The Kier molecular flexibility index (Phi) is 3.53. The van der Waals surface area contributed by atoms with Gasteiger partial charge in [-0.3, -0.25) is 4.68 Å². The van der Waals surface area contributed by atoms with Crippen LogP contribution in [0.25, 0.3) is 0 Å². The normalized spacial score (nSPS) is 10.2. The fraction of sp³-hybridized carbons (Fsp3) is 0.556. The second-order valence-electron chi connectivity index (χ2n) is 2.85. The maximum atomic E-state index is 3.36. The first-order chi connectivity index (χ1) is 5.75. The van der Waals surface area contributed by atoms with Crippen LogP contribution < -0.4 is 5.43 Å². The predicted molar refractivity (Wildman–Crippen MR) is 56.5 cm³/mol. The van der Waals surface area contributed by atoms with E-state index in [4.69, 9.17) is 0 Å². The van der Waals surface area contributed by atoms with E-state index in [1.165, 1.54) is 11.4 Å². The molecule has 1 rings (SSSR count). The number of aromatic nitrogens is 1. The molecule has 1 aromatic heterocycles. The summed E-state index contributed by atoms with van der Waals surface area (Å²) in [4.78, 5) is 0. The van der Waals surface area contributed by atoms with Crippen molar-refractivity contribution in [2.45, 2.75) is 13.8 Å². The van der Waals surface area contributed by atoms with E-state index in [0.29, 0.717) is 0 Å². The lowest BCUT2D eigenvalue weighted by molar-refractivity contribution is 0.814. The van der Waals surface area contributed by atoms with E-state index in [0.717, 1.165) is 12.3 Å². The van der Waals surface area contributed by atoms with Crippen LogP contribution in [0.2, 0.25) is 0 Å². The van der Waals surface area contributed by atoms with Crippen molar-refractivity contribution in [3.63, 3.8) is 0 Å². The Hall–Kier alpha value is -0.570. The first-order valence-electron chi connectivity index (χ1n) is 4.13. The van der Waals surface area contributed by atoms with E-state index in [-0.39, 0.29) is 0 Å². The quantitative estimate of drug-likeness (QED) is 0.721. The molecular weight excluding hydrogens is 168 g/mol. The van der Waals surface area contributed by atoms with Gasteiger partial charge in [0.2, 0.25) is 0 Å². The topological polar surface area (TPSA) is 17.0 Å². The minimum atomic E-state index is 1.03. The summed E-state index contributed by atoms with van der Waals surface area (Å²) < 4.78 is 2.14. The predicted octanol–water partition coefficient (Wildman–Crippen LogP) is 2.01. The summed E-state index contributed by atoms with van der Waals surface area (Å²) in [6, 6.07) is 4.25. The minimum Gasteiger partial charge on any atom is -0.325 e. The zero-order valence-corrected chi connectivity index (χ0v) is 8.74. The standard InChI is InChI=1S/C9H16N2S/c1-8-4-5-9(2)11(8)10-6-7-12-3/h4-5,10H,6-7H2,1-3H3. The van der Waals surface area contributed by atoms with Crippen LogP contribution in [0.3, 0.4) is 0 Å². The smallest absolute Gasteiger partial charge is 0.0404 e. The Labute approximate surface area is 78.3 Å².